The van der Waals surface area contributed by atoms with Crippen molar-refractivity contribution in [1.29, 1.82) is 0 Å². The van der Waals surface area contributed by atoms with Crippen LogP contribution in [0.25, 0.3) is 10.9 Å². The van der Waals surface area contributed by atoms with E-state index < -0.39 is 5.97 Å². The molecule has 0 saturated carbocycles. The molecule has 1 heterocycles. The van der Waals surface area contributed by atoms with Gasteiger partial charge in [0.25, 0.3) is 0 Å². The summed E-state index contributed by atoms with van der Waals surface area (Å²) in [5, 5.41) is 0.958. The monoisotopic (exact) mass is 301 g/mol. The number of nitrogens with zero attached hydrogens (tertiary/aromatic N) is 1. The van der Waals surface area contributed by atoms with Gasteiger partial charge in [0.15, 0.2) is 6.61 Å². The summed E-state index contributed by atoms with van der Waals surface area (Å²) in [6, 6.07) is 9.36. The fourth-order valence-electron chi connectivity index (χ4n) is 1.94. The summed E-state index contributed by atoms with van der Waals surface area (Å²) >= 11 is 0. The quantitative estimate of drug-likeness (QED) is 0.426. The molecule has 0 N–H and O–H groups in total. The molecule has 1 atom stereocenters. The fraction of sp³-hybridized carbons (Fsp3) is 0.294. The molecule has 0 spiro atoms. The number of hydrogen-bond donors (Lipinski definition) is 0. The Kier molecular flexibility index (Phi) is 5.91. The van der Waals surface area contributed by atoms with E-state index in [-0.39, 0.29) is 12.7 Å². The Morgan fingerprint density at radius 1 is 1.36 bits per heavy atom. The van der Waals surface area contributed by atoms with Crippen LogP contribution in [0.3, 0.4) is 0 Å². The van der Waals surface area contributed by atoms with E-state index in [1.165, 1.54) is 0 Å². The number of carbonyl (C=O) groups is 1. The van der Waals surface area contributed by atoms with Crippen molar-refractivity contribution in [2.24, 2.45) is 0 Å². The Morgan fingerprint density at radius 3 is 3.00 bits per heavy atom. The smallest absolute Gasteiger partial charge is 0.344 e. The number of rotatable bonds is 8. The third-order valence-electron chi connectivity index (χ3n) is 2.86. The average molecular weight is 301 g/mol. The average Bonchev–Trinajstić information content (AvgIpc) is 2.53. The van der Waals surface area contributed by atoms with Gasteiger partial charge in [-0.05, 0) is 19.1 Å². The van der Waals surface area contributed by atoms with Crippen LogP contribution in [0.5, 0.6) is 5.75 Å². The molecule has 0 aliphatic heterocycles. The molecule has 1 aromatic heterocycles. The van der Waals surface area contributed by atoms with Crippen LogP contribution < -0.4 is 4.74 Å². The highest BCUT2D eigenvalue weighted by Gasteiger charge is 2.11. The van der Waals surface area contributed by atoms with E-state index in [1.54, 1.807) is 25.3 Å². The zero-order valence-electron chi connectivity index (χ0n) is 12.5. The van der Waals surface area contributed by atoms with E-state index in [9.17, 15) is 4.79 Å². The first-order chi connectivity index (χ1) is 10.7. The van der Waals surface area contributed by atoms with E-state index in [1.807, 2.05) is 24.3 Å². The van der Waals surface area contributed by atoms with Crippen LogP contribution in [0.4, 0.5) is 0 Å². The number of benzene rings is 1. The highest BCUT2D eigenvalue weighted by Crippen LogP contribution is 2.22. The zero-order valence-corrected chi connectivity index (χ0v) is 12.5. The van der Waals surface area contributed by atoms with Gasteiger partial charge in [0.2, 0.25) is 0 Å². The predicted molar refractivity (Wildman–Crippen MR) is 83.8 cm³/mol. The lowest BCUT2D eigenvalue weighted by Crippen LogP contribution is -2.24. The van der Waals surface area contributed by atoms with Crippen LogP contribution in [0.1, 0.15) is 6.92 Å². The summed E-state index contributed by atoms with van der Waals surface area (Å²) in [6.45, 7) is 5.90. The van der Waals surface area contributed by atoms with Crippen molar-refractivity contribution >= 4 is 16.9 Å². The van der Waals surface area contributed by atoms with Crippen molar-refractivity contribution < 1.29 is 19.0 Å². The van der Waals surface area contributed by atoms with Gasteiger partial charge in [0.05, 0.1) is 13.2 Å². The van der Waals surface area contributed by atoms with E-state index in [2.05, 4.69) is 11.6 Å². The Morgan fingerprint density at radius 2 is 2.18 bits per heavy atom. The maximum absolute atomic E-state index is 11.8. The van der Waals surface area contributed by atoms with Crippen LogP contribution in [0.2, 0.25) is 0 Å². The number of fused-ring (bicyclic) bond motifs is 1. The van der Waals surface area contributed by atoms with Crippen LogP contribution in [0, 0.1) is 0 Å². The van der Waals surface area contributed by atoms with Gasteiger partial charge in [-0.1, -0.05) is 24.3 Å². The molecule has 0 radical (unpaired) electrons. The summed E-state index contributed by atoms with van der Waals surface area (Å²) in [5.74, 6) is 0.119. The van der Waals surface area contributed by atoms with Gasteiger partial charge in [-0.15, -0.1) is 6.58 Å². The molecule has 5 nitrogen and oxygen atoms in total. The maximum Gasteiger partial charge on any atom is 0.344 e. The number of pyridine rings is 1. The van der Waals surface area contributed by atoms with E-state index >= 15 is 0 Å². The van der Waals surface area contributed by atoms with Gasteiger partial charge in [0, 0.05) is 11.6 Å². The van der Waals surface area contributed by atoms with Crippen molar-refractivity contribution in [2.45, 2.75) is 13.0 Å². The number of ether oxygens (including phenoxy) is 3. The molecular formula is C17H19NO4. The van der Waals surface area contributed by atoms with Crippen molar-refractivity contribution in [3.8, 4) is 5.75 Å². The minimum absolute atomic E-state index is 0.165. The molecule has 116 valence electrons. The van der Waals surface area contributed by atoms with Gasteiger partial charge in [-0.25, -0.2) is 4.79 Å². The normalized spacial score (nSPS) is 11.9. The molecule has 1 aromatic carbocycles. The van der Waals surface area contributed by atoms with Crippen LogP contribution in [-0.4, -0.2) is 36.9 Å². The van der Waals surface area contributed by atoms with Gasteiger partial charge < -0.3 is 14.2 Å². The molecule has 0 bridgehead atoms. The standard InChI is InChI=1S/C17H19NO4/c1-3-10-20-11-13(2)22-16(19)12-21-15-8-4-6-14-7-5-9-18-17(14)15/h3-9,13H,1,10-12H2,2H3. The Balaban J connectivity index is 1.86. The number of aromatic nitrogens is 1. The first kappa shape index (κ1) is 16.0. The molecule has 1 unspecified atom stereocenters. The highest BCUT2D eigenvalue weighted by atomic mass is 16.6. The summed E-state index contributed by atoms with van der Waals surface area (Å²) in [5.41, 5.74) is 0.722. The summed E-state index contributed by atoms with van der Waals surface area (Å²) in [4.78, 5) is 16.0. The van der Waals surface area contributed by atoms with E-state index in [0.717, 1.165) is 10.9 Å². The lowest BCUT2D eigenvalue weighted by molar-refractivity contribution is -0.153. The molecule has 2 rings (SSSR count). The SMILES string of the molecule is C=CCOCC(C)OC(=O)COc1cccc2cccnc12. The molecular weight excluding hydrogens is 282 g/mol. The molecule has 0 amide bonds. The van der Waals surface area contributed by atoms with Crippen LogP contribution in [-0.2, 0) is 14.3 Å². The first-order valence-corrected chi connectivity index (χ1v) is 7.05. The Hall–Kier alpha value is -2.40. The molecule has 5 heteroatoms. The molecule has 0 aliphatic rings. The molecule has 2 aromatic rings. The maximum atomic E-state index is 11.8. The van der Waals surface area contributed by atoms with Crippen molar-refractivity contribution in [3.63, 3.8) is 0 Å². The largest absolute Gasteiger partial charge is 0.480 e. The second-order valence-corrected chi connectivity index (χ2v) is 4.75. The fourth-order valence-corrected chi connectivity index (χ4v) is 1.94. The van der Waals surface area contributed by atoms with Gasteiger partial charge in [0.1, 0.15) is 17.4 Å². The van der Waals surface area contributed by atoms with Crippen molar-refractivity contribution in [1.82, 2.24) is 4.98 Å². The molecule has 0 fully saturated rings. The van der Waals surface area contributed by atoms with Gasteiger partial charge in [-0.3, -0.25) is 4.98 Å². The second-order valence-electron chi connectivity index (χ2n) is 4.75. The molecule has 0 aliphatic carbocycles. The van der Waals surface area contributed by atoms with E-state index in [4.69, 9.17) is 14.2 Å². The zero-order chi connectivity index (χ0) is 15.8. The topological polar surface area (TPSA) is 57.7 Å². The summed E-state index contributed by atoms with van der Waals surface area (Å²) < 4.78 is 15.9. The summed E-state index contributed by atoms with van der Waals surface area (Å²) in [6.07, 6.45) is 3.00. The Bertz CT molecular complexity index is 636. The first-order valence-electron chi connectivity index (χ1n) is 7.05. The minimum Gasteiger partial charge on any atom is -0.480 e. The lowest BCUT2D eigenvalue weighted by Gasteiger charge is -2.13. The van der Waals surface area contributed by atoms with Crippen LogP contribution in [0.15, 0.2) is 49.2 Å². The second kappa shape index (κ2) is 8.14. The number of esters is 1. The van der Waals surface area contributed by atoms with E-state index in [0.29, 0.717) is 19.0 Å². The van der Waals surface area contributed by atoms with Gasteiger partial charge >= 0.3 is 5.97 Å². The third kappa shape index (κ3) is 4.56. The number of hydrogen-bond acceptors (Lipinski definition) is 5. The Labute approximate surface area is 129 Å². The molecule has 22 heavy (non-hydrogen) atoms. The summed E-state index contributed by atoms with van der Waals surface area (Å²) in [7, 11) is 0. The van der Waals surface area contributed by atoms with Gasteiger partial charge in [-0.2, -0.15) is 0 Å². The van der Waals surface area contributed by atoms with Crippen LogP contribution >= 0.6 is 0 Å². The minimum atomic E-state index is -0.442. The third-order valence-corrected chi connectivity index (χ3v) is 2.86. The number of para-hydroxylation sites is 1. The highest BCUT2D eigenvalue weighted by molar-refractivity contribution is 5.84. The number of carbonyl (C=O) groups excluding carboxylic acids is 1. The van der Waals surface area contributed by atoms with Crippen molar-refractivity contribution in [3.05, 3.63) is 49.2 Å². The lowest BCUT2D eigenvalue weighted by atomic mass is 10.2. The molecule has 0 saturated heterocycles. The predicted octanol–water partition coefficient (Wildman–Crippen LogP) is 2.75. The van der Waals surface area contributed by atoms with Crippen molar-refractivity contribution in [2.75, 3.05) is 19.8 Å².